The number of hydrogen-bond acceptors (Lipinski definition) is 3. The van der Waals surface area contributed by atoms with E-state index in [4.69, 9.17) is 9.47 Å². The molecule has 214 valence electrons. The SMILES string of the molecule is CCCC1COC(c2cc(F)c(C3CCC(c4cc(F)c(OC(F)(F)C=C(F)F)c(F)c4)CC3)c(F)c2)OC1. The van der Waals surface area contributed by atoms with Gasteiger partial charge in [-0.15, -0.1) is 0 Å². The van der Waals surface area contributed by atoms with E-state index >= 15 is 8.78 Å². The van der Waals surface area contributed by atoms with Crippen molar-refractivity contribution in [1.82, 2.24) is 0 Å². The number of halogens is 8. The van der Waals surface area contributed by atoms with Gasteiger partial charge in [-0.25, -0.2) is 17.6 Å². The van der Waals surface area contributed by atoms with E-state index in [9.17, 15) is 26.3 Å². The Kier molecular flexibility index (Phi) is 9.21. The molecule has 0 unspecified atom stereocenters. The molecule has 3 nitrogen and oxygen atoms in total. The van der Waals surface area contributed by atoms with Crippen LogP contribution in [0.1, 0.15) is 80.3 Å². The fourth-order valence-corrected chi connectivity index (χ4v) is 5.36. The van der Waals surface area contributed by atoms with Crippen LogP contribution in [0.2, 0.25) is 0 Å². The lowest BCUT2D eigenvalue weighted by Gasteiger charge is -2.31. The molecule has 0 radical (unpaired) electrons. The lowest BCUT2D eigenvalue weighted by Crippen LogP contribution is -2.27. The van der Waals surface area contributed by atoms with Gasteiger partial charge in [0, 0.05) is 17.0 Å². The van der Waals surface area contributed by atoms with E-state index in [-0.39, 0.29) is 22.6 Å². The Morgan fingerprint density at radius 1 is 0.846 bits per heavy atom. The first-order chi connectivity index (χ1) is 18.5. The van der Waals surface area contributed by atoms with Crippen LogP contribution < -0.4 is 4.74 Å². The maximum absolute atomic E-state index is 15.1. The van der Waals surface area contributed by atoms with Crippen LogP contribution >= 0.6 is 0 Å². The van der Waals surface area contributed by atoms with Crippen molar-refractivity contribution in [1.29, 1.82) is 0 Å². The molecule has 0 bridgehead atoms. The van der Waals surface area contributed by atoms with Crippen molar-refractivity contribution in [3.05, 3.63) is 76.4 Å². The molecule has 0 atom stereocenters. The van der Waals surface area contributed by atoms with E-state index in [1.54, 1.807) is 0 Å². The van der Waals surface area contributed by atoms with Gasteiger partial charge in [0.1, 0.15) is 11.6 Å². The molecule has 4 rings (SSSR count). The van der Waals surface area contributed by atoms with Crippen LogP contribution in [0.25, 0.3) is 0 Å². The van der Waals surface area contributed by atoms with Gasteiger partial charge in [-0.1, -0.05) is 13.3 Å². The molecule has 1 saturated carbocycles. The van der Waals surface area contributed by atoms with E-state index in [0.29, 0.717) is 38.9 Å². The summed E-state index contributed by atoms with van der Waals surface area (Å²) in [6.45, 7) is 2.93. The Morgan fingerprint density at radius 3 is 1.87 bits per heavy atom. The summed E-state index contributed by atoms with van der Waals surface area (Å²) in [6, 6.07) is 4.03. The minimum absolute atomic E-state index is 0.0756. The summed E-state index contributed by atoms with van der Waals surface area (Å²) in [7, 11) is 0. The Balaban J connectivity index is 1.41. The summed E-state index contributed by atoms with van der Waals surface area (Å²) in [4.78, 5) is 0. The van der Waals surface area contributed by atoms with Crippen LogP contribution in [-0.4, -0.2) is 19.3 Å². The Hall–Kier alpha value is -2.66. The number of ether oxygens (including phenoxy) is 3. The summed E-state index contributed by atoms with van der Waals surface area (Å²) in [5, 5.41) is 0. The highest BCUT2D eigenvalue weighted by atomic mass is 19.3. The molecule has 2 aliphatic rings. The average molecular weight is 565 g/mol. The lowest BCUT2D eigenvalue weighted by atomic mass is 9.75. The minimum atomic E-state index is -4.61. The fraction of sp³-hybridized carbons (Fsp3) is 0.500. The third kappa shape index (κ3) is 7.11. The molecule has 1 heterocycles. The first-order valence-electron chi connectivity index (χ1n) is 12.8. The highest BCUT2D eigenvalue weighted by Gasteiger charge is 2.35. The maximum atomic E-state index is 15.1. The Labute approximate surface area is 220 Å². The molecule has 39 heavy (non-hydrogen) atoms. The zero-order chi connectivity index (χ0) is 28.3. The van der Waals surface area contributed by atoms with E-state index in [0.717, 1.165) is 25.0 Å². The average Bonchev–Trinajstić information content (AvgIpc) is 2.86. The van der Waals surface area contributed by atoms with Gasteiger partial charge in [0.2, 0.25) is 0 Å². The predicted molar refractivity (Wildman–Crippen MR) is 126 cm³/mol. The summed E-state index contributed by atoms with van der Waals surface area (Å²) in [6.07, 6.45) is -5.91. The first-order valence-corrected chi connectivity index (χ1v) is 12.8. The van der Waals surface area contributed by atoms with Crippen LogP contribution in [0.4, 0.5) is 35.1 Å². The van der Waals surface area contributed by atoms with Crippen molar-refractivity contribution < 1.29 is 49.3 Å². The normalized spacial score (nSPS) is 23.9. The monoisotopic (exact) mass is 564 g/mol. The molecule has 1 aliphatic carbocycles. The second-order valence-electron chi connectivity index (χ2n) is 10.0. The molecule has 0 amide bonds. The smallest absolute Gasteiger partial charge is 0.423 e. The number of rotatable bonds is 8. The zero-order valence-electron chi connectivity index (χ0n) is 21.1. The highest BCUT2D eigenvalue weighted by molar-refractivity contribution is 5.35. The van der Waals surface area contributed by atoms with Crippen molar-refractivity contribution in [2.75, 3.05) is 13.2 Å². The second kappa shape index (κ2) is 12.2. The topological polar surface area (TPSA) is 27.7 Å². The van der Waals surface area contributed by atoms with Crippen LogP contribution in [-0.2, 0) is 9.47 Å². The fourth-order valence-electron chi connectivity index (χ4n) is 5.36. The van der Waals surface area contributed by atoms with Crippen LogP contribution in [0.15, 0.2) is 36.4 Å². The lowest BCUT2D eigenvalue weighted by molar-refractivity contribution is -0.206. The molecule has 0 aromatic heterocycles. The quantitative estimate of drug-likeness (QED) is 0.300. The number of alkyl halides is 2. The van der Waals surface area contributed by atoms with E-state index in [1.807, 2.05) is 0 Å². The minimum Gasteiger partial charge on any atom is -0.423 e. The van der Waals surface area contributed by atoms with Crippen molar-refractivity contribution in [2.45, 2.75) is 69.7 Å². The summed E-state index contributed by atoms with van der Waals surface area (Å²) in [5.41, 5.74) is 0.324. The van der Waals surface area contributed by atoms with Crippen LogP contribution in [0.5, 0.6) is 5.75 Å². The molecule has 2 fully saturated rings. The summed E-state index contributed by atoms with van der Waals surface area (Å²) < 4.78 is 125. The van der Waals surface area contributed by atoms with Gasteiger partial charge in [-0.05, 0) is 73.8 Å². The molecule has 2 aromatic carbocycles. The molecule has 0 N–H and O–H groups in total. The third-order valence-corrected chi connectivity index (χ3v) is 7.18. The molecule has 0 spiro atoms. The zero-order valence-corrected chi connectivity index (χ0v) is 21.1. The molecule has 11 heteroatoms. The van der Waals surface area contributed by atoms with Gasteiger partial charge in [-0.3, -0.25) is 0 Å². The Morgan fingerprint density at radius 2 is 1.36 bits per heavy atom. The van der Waals surface area contributed by atoms with E-state index in [1.165, 1.54) is 12.1 Å². The molecule has 1 saturated heterocycles. The highest BCUT2D eigenvalue weighted by Crippen LogP contribution is 2.44. The molecule has 2 aromatic rings. The predicted octanol–water partition coefficient (Wildman–Crippen LogP) is 8.90. The summed E-state index contributed by atoms with van der Waals surface area (Å²) >= 11 is 0. The van der Waals surface area contributed by atoms with Gasteiger partial charge < -0.3 is 14.2 Å². The van der Waals surface area contributed by atoms with E-state index in [2.05, 4.69) is 11.7 Å². The molecule has 1 aliphatic heterocycles. The van der Waals surface area contributed by atoms with Gasteiger partial charge in [-0.2, -0.15) is 17.6 Å². The number of hydrogen-bond donors (Lipinski definition) is 0. The van der Waals surface area contributed by atoms with Crippen LogP contribution in [0.3, 0.4) is 0 Å². The van der Waals surface area contributed by atoms with Crippen LogP contribution in [0, 0.1) is 29.2 Å². The Bertz CT molecular complexity index is 1140. The van der Waals surface area contributed by atoms with Crippen molar-refractivity contribution in [3.63, 3.8) is 0 Å². The van der Waals surface area contributed by atoms with E-state index < -0.39 is 65.4 Å². The molecular weight excluding hydrogens is 536 g/mol. The first kappa shape index (κ1) is 29.3. The largest absolute Gasteiger partial charge is 0.425 e. The van der Waals surface area contributed by atoms with Crippen molar-refractivity contribution in [3.8, 4) is 5.75 Å². The van der Waals surface area contributed by atoms with Gasteiger partial charge >= 0.3 is 6.11 Å². The van der Waals surface area contributed by atoms with Crippen molar-refractivity contribution >= 4 is 0 Å². The van der Waals surface area contributed by atoms with Gasteiger partial charge in [0.15, 0.2) is 23.7 Å². The van der Waals surface area contributed by atoms with Gasteiger partial charge in [0.25, 0.3) is 6.08 Å². The maximum Gasteiger partial charge on any atom is 0.425 e. The summed E-state index contributed by atoms with van der Waals surface area (Å²) in [5.74, 6) is -6.52. The third-order valence-electron chi connectivity index (χ3n) is 7.18. The van der Waals surface area contributed by atoms with Crippen molar-refractivity contribution in [2.24, 2.45) is 5.92 Å². The van der Waals surface area contributed by atoms with Gasteiger partial charge in [0.05, 0.1) is 19.3 Å². The molecular formula is C28H28F8O3. The standard InChI is InChI=1S/C28H28F8O3/c1-2-3-15-13-37-27(38-14-15)19-10-20(29)25(21(30)11-19)17-6-4-16(5-7-17)18-8-22(31)26(23(32)9-18)39-28(35,36)12-24(33)34/h8-12,15-17,27H,2-7,13-14H2,1H3. The number of benzene rings is 2. The second-order valence-corrected chi connectivity index (χ2v) is 10.0.